The molecule has 2 aromatic carbocycles. The number of halogens is 1. The van der Waals surface area contributed by atoms with Gasteiger partial charge in [-0.3, -0.25) is 4.72 Å². The minimum absolute atomic E-state index is 0.0344. The van der Waals surface area contributed by atoms with Crippen molar-refractivity contribution in [3.63, 3.8) is 0 Å². The van der Waals surface area contributed by atoms with Crippen molar-refractivity contribution in [2.24, 2.45) is 0 Å². The third kappa shape index (κ3) is 3.16. The maximum atomic E-state index is 14.0. The molecule has 0 aliphatic carbocycles. The maximum absolute atomic E-state index is 14.0. The van der Waals surface area contributed by atoms with Gasteiger partial charge in [-0.05, 0) is 49.7 Å². The lowest BCUT2D eigenvalue weighted by Crippen LogP contribution is -2.14. The van der Waals surface area contributed by atoms with E-state index in [1.54, 1.807) is 37.3 Å². The topological polar surface area (TPSA) is 73.2 Å². The van der Waals surface area contributed by atoms with Gasteiger partial charge >= 0.3 is 0 Å². The molecule has 0 bridgehead atoms. The third-order valence-corrected chi connectivity index (χ3v) is 5.88. The number of rotatable bonds is 4. The Morgan fingerprint density at radius 1 is 1.26 bits per heavy atom. The number of para-hydroxylation sites is 1. The molecular weight excluding hydrogens is 369 g/mol. The minimum Gasteiger partial charge on any atom is -0.490 e. The number of sulfonamides is 1. The minimum atomic E-state index is -3.81. The van der Waals surface area contributed by atoms with Gasteiger partial charge in [-0.1, -0.05) is 12.1 Å². The average molecular weight is 387 g/mol. The molecule has 3 aromatic rings. The molecule has 140 valence electrons. The number of hydrogen-bond acceptors (Lipinski definition) is 4. The van der Waals surface area contributed by atoms with Crippen molar-refractivity contribution < 1.29 is 17.5 Å². The Morgan fingerprint density at radius 2 is 2.04 bits per heavy atom. The van der Waals surface area contributed by atoms with Crippen molar-refractivity contribution in [2.45, 2.75) is 31.3 Å². The Bertz CT molecular complexity index is 1120. The predicted octanol–water partition coefficient (Wildman–Crippen LogP) is 3.44. The number of fused-ring (bicyclic) bond motifs is 1. The van der Waals surface area contributed by atoms with Gasteiger partial charge < -0.3 is 4.74 Å². The Balaban J connectivity index is 1.65. The van der Waals surface area contributed by atoms with E-state index in [9.17, 15) is 12.8 Å². The van der Waals surface area contributed by atoms with E-state index in [1.807, 2.05) is 6.92 Å². The monoisotopic (exact) mass is 387 g/mol. The molecule has 0 fully saturated rings. The lowest BCUT2D eigenvalue weighted by Gasteiger charge is -2.10. The molecule has 6 nitrogen and oxygen atoms in total. The fourth-order valence-electron chi connectivity index (χ4n) is 3.15. The zero-order valence-corrected chi connectivity index (χ0v) is 15.6. The fourth-order valence-corrected chi connectivity index (χ4v) is 4.30. The predicted molar refractivity (Wildman–Crippen MR) is 99.3 cm³/mol. The molecule has 1 atom stereocenters. The summed E-state index contributed by atoms with van der Waals surface area (Å²) in [6, 6.07) is 11.0. The molecule has 1 aromatic heterocycles. The zero-order valence-electron chi connectivity index (χ0n) is 14.8. The standard InChI is InChI=1S/C19H18FN3O3S/c1-12-9-14-10-15(7-8-19(14)26-12)27(24,25)22-17-11-21-23(13(17)2)18-6-4-3-5-16(18)20/h3-8,10-12,22H,9H2,1-2H3/t12-/m0/s1. The molecule has 27 heavy (non-hydrogen) atoms. The van der Waals surface area contributed by atoms with Crippen molar-refractivity contribution in [1.82, 2.24) is 9.78 Å². The van der Waals surface area contributed by atoms with Gasteiger partial charge in [0.25, 0.3) is 10.0 Å². The highest BCUT2D eigenvalue weighted by atomic mass is 32.2. The van der Waals surface area contributed by atoms with Gasteiger partial charge in [0.05, 0.1) is 22.5 Å². The summed E-state index contributed by atoms with van der Waals surface area (Å²) in [5.41, 5.74) is 1.90. The van der Waals surface area contributed by atoms with Crippen LogP contribution in [0.2, 0.25) is 0 Å². The van der Waals surface area contributed by atoms with E-state index in [0.29, 0.717) is 23.6 Å². The second-order valence-corrected chi connectivity index (χ2v) is 8.20. The molecule has 0 radical (unpaired) electrons. The van der Waals surface area contributed by atoms with E-state index in [-0.39, 0.29) is 16.7 Å². The van der Waals surface area contributed by atoms with Crippen LogP contribution in [0.25, 0.3) is 5.69 Å². The van der Waals surface area contributed by atoms with Gasteiger partial charge in [0.2, 0.25) is 0 Å². The van der Waals surface area contributed by atoms with Crippen molar-refractivity contribution in [3.8, 4) is 11.4 Å². The highest BCUT2D eigenvalue weighted by Gasteiger charge is 2.24. The van der Waals surface area contributed by atoms with Crippen LogP contribution in [-0.4, -0.2) is 24.3 Å². The molecule has 0 saturated carbocycles. The normalized spacial score (nSPS) is 16.0. The smallest absolute Gasteiger partial charge is 0.262 e. The summed E-state index contributed by atoms with van der Waals surface area (Å²) < 4.78 is 49.1. The van der Waals surface area contributed by atoms with Crippen LogP contribution < -0.4 is 9.46 Å². The maximum Gasteiger partial charge on any atom is 0.262 e. The number of ether oxygens (including phenoxy) is 1. The Hall–Kier alpha value is -2.87. The number of benzene rings is 2. The van der Waals surface area contributed by atoms with Gasteiger partial charge in [-0.2, -0.15) is 5.10 Å². The molecule has 0 saturated heterocycles. The summed E-state index contributed by atoms with van der Waals surface area (Å²) in [6.07, 6.45) is 2.08. The first-order chi connectivity index (χ1) is 12.8. The highest BCUT2D eigenvalue weighted by Crippen LogP contribution is 2.31. The van der Waals surface area contributed by atoms with Crippen LogP contribution in [0.4, 0.5) is 10.1 Å². The molecule has 1 N–H and O–H groups in total. The van der Waals surface area contributed by atoms with E-state index < -0.39 is 15.8 Å². The van der Waals surface area contributed by atoms with Crippen LogP contribution in [0.3, 0.4) is 0 Å². The molecule has 2 heterocycles. The summed E-state index contributed by atoms with van der Waals surface area (Å²) in [5.74, 6) is 0.274. The molecule has 0 unspecified atom stereocenters. The van der Waals surface area contributed by atoms with E-state index in [0.717, 1.165) is 5.56 Å². The van der Waals surface area contributed by atoms with E-state index >= 15 is 0 Å². The molecular formula is C19H18FN3O3S. The van der Waals surface area contributed by atoms with E-state index in [2.05, 4.69) is 9.82 Å². The molecule has 1 aliphatic rings. The van der Waals surface area contributed by atoms with Gasteiger partial charge in [0, 0.05) is 6.42 Å². The summed E-state index contributed by atoms with van der Waals surface area (Å²) in [5, 5.41) is 4.12. The quantitative estimate of drug-likeness (QED) is 0.744. The summed E-state index contributed by atoms with van der Waals surface area (Å²) in [4.78, 5) is 0.150. The summed E-state index contributed by atoms with van der Waals surface area (Å²) >= 11 is 0. The third-order valence-electron chi connectivity index (χ3n) is 4.51. The molecule has 8 heteroatoms. The SMILES string of the molecule is Cc1c(NS(=O)(=O)c2ccc3c(c2)C[C@H](C)O3)cnn1-c1ccccc1F. The van der Waals surface area contributed by atoms with E-state index in [1.165, 1.54) is 23.0 Å². The van der Waals surface area contributed by atoms with Crippen LogP contribution in [0.1, 0.15) is 18.2 Å². The summed E-state index contributed by atoms with van der Waals surface area (Å²) in [7, 11) is -3.81. The fraction of sp³-hybridized carbons (Fsp3) is 0.211. The van der Waals surface area contributed by atoms with Gasteiger partial charge in [-0.25, -0.2) is 17.5 Å². The second kappa shape index (κ2) is 6.38. The molecule has 0 amide bonds. The summed E-state index contributed by atoms with van der Waals surface area (Å²) in [6.45, 7) is 3.61. The second-order valence-electron chi connectivity index (χ2n) is 6.51. The first kappa shape index (κ1) is 17.5. The van der Waals surface area contributed by atoms with Gasteiger partial charge in [0.1, 0.15) is 23.4 Å². The van der Waals surface area contributed by atoms with Crippen LogP contribution >= 0.6 is 0 Å². The Labute approximate surface area is 156 Å². The van der Waals surface area contributed by atoms with Crippen molar-refractivity contribution >= 4 is 15.7 Å². The van der Waals surface area contributed by atoms with Crippen molar-refractivity contribution in [2.75, 3.05) is 4.72 Å². The van der Waals surface area contributed by atoms with Gasteiger partial charge in [-0.15, -0.1) is 0 Å². The number of aromatic nitrogens is 2. The Kier molecular flexibility index (Phi) is 4.15. The van der Waals surface area contributed by atoms with Crippen LogP contribution in [0.15, 0.2) is 53.6 Å². The average Bonchev–Trinajstić information content (AvgIpc) is 3.16. The zero-order chi connectivity index (χ0) is 19.2. The lowest BCUT2D eigenvalue weighted by molar-refractivity contribution is 0.254. The van der Waals surface area contributed by atoms with Crippen LogP contribution in [0, 0.1) is 12.7 Å². The molecule has 4 rings (SSSR count). The molecule has 0 spiro atoms. The number of nitrogens with zero attached hydrogens (tertiary/aromatic N) is 2. The van der Waals surface area contributed by atoms with Crippen molar-refractivity contribution in [3.05, 3.63) is 65.7 Å². The van der Waals surface area contributed by atoms with Crippen LogP contribution in [-0.2, 0) is 16.4 Å². The van der Waals surface area contributed by atoms with Crippen LogP contribution in [0.5, 0.6) is 5.75 Å². The number of anilines is 1. The molecule has 1 aliphatic heterocycles. The largest absolute Gasteiger partial charge is 0.490 e. The first-order valence-electron chi connectivity index (χ1n) is 8.47. The number of nitrogens with one attached hydrogen (secondary N) is 1. The first-order valence-corrected chi connectivity index (χ1v) is 9.95. The van der Waals surface area contributed by atoms with E-state index in [4.69, 9.17) is 4.74 Å². The highest BCUT2D eigenvalue weighted by molar-refractivity contribution is 7.92. The lowest BCUT2D eigenvalue weighted by atomic mass is 10.1. The number of hydrogen-bond donors (Lipinski definition) is 1. The van der Waals surface area contributed by atoms with Gasteiger partial charge in [0.15, 0.2) is 0 Å². The van der Waals surface area contributed by atoms with Crippen molar-refractivity contribution in [1.29, 1.82) is 0 Å². The Morgan fingerprint density at radius 3 is 2.81 bits per heavy atom.